The number of aryl methyl sites for hydroxylation is 1. The molecule has 0 spiro atoms. The van der Waals surface area contributed by atoms with Crippen LogP contribution in [-0.2, 0) is 7.05 Å². The van der Waals surface area contributed by atoms with Crippen LogP contribution < -0.4 is 16.8 Å². The lowest BCUT2D eigenvalue weighted by Gasteiger charge is -2.05. The lowest BCUT2D eigenvalue weighted by atomic mass is 10.1. The van der Waals surface area contributed by atoms with Crippen molar-refractivity contribution < 1.29 is 0 Å². The third-order valence-corrected chi connectivity index (χ3v) is 3.26. The molecule has 0 amide bonds. The molecular weight excluding hydrogens is 286 g/mol. The van der Waals surface area contributed by atoms with Crippen LogP contribution in [0.15, 0.2) is 38.6 Å². The molecule has 0 atom stereocenters. The summed E-state index contributed by atoms with van der Waals surface area (Å²) in [6.45, 7) is 0. The van der Waals surface area contributed by atoms with Gasteiger partial charge in [0.1, 0.15) is 11.3 Å². The summed E-state index contributed by atoms with van der Waals surface area (Å²) in [5, 5.41) is 8.78. The van der Waals surface area contributed by atoms with Crippen LogP contribution in [-0.4, -0.2) is 19.5 Å². The zero-order chi connectivity index (χ0) is 15.9. The molecule has 2 aromatic heterocycles. The van der Waals surface area contributed by atoms with Crippen LogP contribution in [0.3, 0.4) is 0 Å². The fourth-order valence-electron chi connectivity index (χ4n) is 2.08. The number of aromatic amines is 2. The van der Waals surface area contributed by atoms with Gasteiger partial charge >= 0.3 is 5.69 Å². The normalized spacial score (nSPS) is 10.5. The van der Waals surface area contributed by atoms with Crippen LogP contribution in [0, 0.1) is 11.3 Å². The van der Waals surface area contributed by atoms with Crippen molar-refractivity contribution in [3.05, 3.63) is 61.0 Å². The Labute approximate surface area is 122 Å². The van der Waals surface area contributed by atoms with Gasteiger partial charge in [0.05, 0.1) is 11.6 Å². The number of benzene rings is 1. The van der Waals surface area contributed by atoms with E-state index in [1.807, 2.05) is 6.07 Å². The number of H-pyrrole nitrogens is 2. The van der Waals surface area contributed by atoms with Crippen molar-refractivity contribution >= 4 is 11.2 Å². The summed E-state index contributed by atoms with van der Waals surface area (Å²) in [5.74, 6) is 0. The van der Waals surface area contributed by atoms with E-state index in [4.69, 9.17) is 5.26 Å². The topological polar surface area (TPSA) is 124 Å². The van der Waals surface area contributed by atoms with E-state index in [9.17, 15) is 14.4 Å². The fourth-order valence-corrected chi connectivity index (χ4v) is 2.08. The molecule has 0 aliphatic heterocycles. The summed E-state index contributed by atoms with van der Waals surface area (Å²) in [5.41, 5.74) is -0.877. The maximum absolute atomic E-state index is 12.2. The Kier molecular flexibility index (Phi) is 2.96. The number of nitriles is 1. The predicted octanol–water partition coefficient (Wildman–Crippen LogP) is -0.151. The van der Waals surface area contributed by atoms with Gasteiger partial charge in [-0.3, -0.25) is 19.1 Å². The SMILES string of the molecule is Cn1c(=O)[nH]c(=O)c2nc(-c3ccc(C#N)cc3)c(=O)[nH]c21. The van der Waals surface area contributed by atoms with E-state index in [-0.39, 0.29) is 16.9 Å². The number of nitrogens with one attached hydrogen (secondary N) is 2. The van der Waals surface area contributed by atoms with Crippen LogP contribution >= 0.6 is 0 Å². The molecule has 1 aromatic carbocycles. The molecule has 22 heavy (non-hydrogen) atoms. The lowest BCUT2D eigenvalue weighted by Crippen LogP contribution is -2.31. The van der Waals surface area contributed by atoms with Crippen molar-refractivity contribution in [2.75, 3.05) is 0 Å². The van der Waals surface area contributed by atoms with E-state index in [1.165, 1.54) is 7.05 Å². The first-order valence-electron chi connectivity index (χ1n) is 6.25. The van der Waals surface area contributed by atoms with Gasteiger partial charge in [-0.15, -0.1) is 0 Å². The maximum atomic E-state index is 12.2. The summed E-state index contributed by atoms with van der Waals surface area (Å²) in [6.07, 6.45) is 0. The van der Waals surface area contributed by atoms with Crippen molar-refractivity contribution in [2.45, 2.75) is 0 Å². The van der Waals surface area contributed by atoms with Gasteiger partial charge in [-0.25, -0.2) is 9.78 Å². The molecule has 3 rings (SSSR count). The number of rotatable bonds is 1. The van der Waals surface area contributed by atoms with E-state index in [2.05, 4.69) is 15.0 Å². The van der Waals surface area contributed by atoms with Crippen molar-refractivity contribution in [3.63, 3.8) is 0 Å². The Balaban J connectivity index is 2.34. The first-order valence-corrected chi connectivity index (χ1v) is 6.25. The number of hydrogen-bond acceptors (Lipinski definition) is 5. The molecular formula is C14H9N5O3. The highest BCUT2D eigenvalue weighted by Gasteiger charge is 2.12. The van der Waals surface area contributed by atoms with Crippen molar-refractivity contribution in [1.82, 2.24) is 19.5 Å². The molecule has 0 saturated heterocycles. The first-order chi connectivity index (χ1) is 10.5. The summed E-state index contributed by atoms with van der Waals surface area (Å²) < 4.78 is 1.10. The Morgan fingerprint density at radius 1 is 1.09 bits per heavy atom. The second kappa shape index (κ2) is 4.82. The van der Waals surface area contributed by atoms with Crippen molar-refractivity contribution in [3.8, 4) is 17.3 Å². The molecule has 0 aliphatic carbocycles. The Morgan fingerprint density at radius 3 is 2.41 bits per heavy atom. The molecule has 2 heterocycles. The highest BCUT2D eigenvalue weighted by molar-refractivity contribution is 5.73. The lowest BCUT2D eigenvalue weighted by molar-refractivity contribution is 0.821. The molecule has 0 aliphatic rings. The molecule has 0 fully saturated rings. The van der Waals surface area contributed by atoms with Crippen LogP contribution in [0.2, 0.25) is 0 Å². The van der Waals surface area contributed by atoms with Gasteiger partial charge in [-0.05, 0) is 12.1 Å². The molecule has 3 aromatic rings. The maximum Gasteiger partial charge on any atom is 0.329 e. The van der Waals surface area contributed by atoms with Gasteiger partial charge in [0.15, 0.2) is 5.52 Å². The van der Waals surface area contributed by atoms with Gasteiger partial charge in [-0.1, -0.05) is 12.1 Å². The molecule has 8 heteroatoms. The van der Waals surface area contributed by atoms with Gasteiger partial charge in [-0.2, -0.15) is 5.26 Å². The average molecular weight is 295 g/mol. The summed E-state index contributed by atoms with van der Waals surface area (Å²) in [7, 11) is 1.42. The third kappa shape index (κ3) is 2.01. The largest absolute Gasteiger partial charge is 0.329 e. The highest BCUT2D eigenvalue weighted by atomic mass is 16.2. The smallest absolute Gasteiger partial charge is 0.304 e. The molecule has 0 unspecified atom stereocenters. The molecule has 108 valence electrons. The van der Waals surface area contributed by atoms with Crippen molar-refractivity contribution in [2.24, 2.45) is 7.05 Å². The van der Waals surface area contributed by atoms with Crippen LogP contribution in [0.25, 0.3) is 22.4 Å². The number of nitrogens with zero attached hydrogens (tertiary/aromatic N) is 3. The second-order valence-corrected chi connectivity index (χ2v) is 4.62. The fraction of sp³-hybridized carbons (Fsp3) is 0.0714. The molecule has 0 saturated carbocycles. The quantitative estimate of drug-likeness (QED) is 0.646. The number of fused-ring (bicyclic) bond motifs is 1. The zero-order valence-electron chi connectivity index (χ0n) is 11.4. The molecule has 8 nitrogen and oxygen atoms in total. The standard InChI is InChI=1S/C14H9N5O3/c1-19-11-10(13(21)18-14(19)22)16-9(12(20)17-11)8-4-2-7(6-15)3-5-8/h2-5H,1H3,(H,17,20)(H,18,21,22). The van der Waals surface area contributed by atoms with E-state index in [0.717, 1.165) is 4.57 Å². The summed E-state index contributed by atoms with van der Waals surface area (Å²) in [4.78, 5) is 44.2. The molecule has 0 radical (unpaired) electrons. The van der Waals surface area contributed by atoms with Gasteiger partial charge in [0, 0.05) is 12.6 Å². The monoisotopic (exact) mass is 295 g/mol. The van der Waals surface area contributed by atoms with Gasteiger partial charge in [0.2, 0.25) is 0 Å². The Morgan fingerprint density at radius 2 is 1.77 bits per heavy atom. The predicted molar refractivity (Wildman–Crippen MR) is 78.4 cm³/mol. The third-order valence-electron chi connectivity index (χ3n) is 3.26. The summed E-state index contributed by atoms with van der Waals surface area (Å²) in [6, 6.07) is 8.20. The molecule has 0 bridgehead atoms. The first kappa shape index (κ1) is 13.5. The summed E-state index contributed by atoms with van der Waals surface area (Å²) >= 11 is 0. The average Bonchev–Trinajstić information content (AvgIpc) is 2.52. The van der Waals surface area contributed by atoms with E-state index in [0.29, 0.717) is 11.1 Å². The minimum absolute atomic E-state index is 0.0407. The van der Waals surface area contributed by atoms with Gasteiger partial charge < -0.3 is 4.98 Å². The van der Waals surface area contributed by atoms with E-state index in [1.54, 1.807) is 24.3 Å². The zero-order valence-corrected chi connectivity index (χ0v) is 11.4. The second-order valence-electron chi connectivity index (χ2n) is 4.62. The minimum atomic E-state index is -0.677. The van der Waals surface area contributed by atoms with Crippen LogP contribution in [0.5, 0.6) is 0 Å². The van der Waals surface area contributed by atoms with E-state index < -0.39 is 16.8 Å². The van der Waals surface area contributed by atoms with Gasteiger partial charge in [0.25, 0.3) is 11.1 Å². The highest BCUT2D eigenvalue weighted by Crippen LogP contribution is 2.14. The number of hydrogen-bond donors (Lipinski definition) is 2. The van der Waals surface area contributed by atoms with Crippen LogP contribution in [0.4, 0.5) is 0 Å². The minimum Gasteiger partial charge on any atom is -0.304 e. The Bertz CT molecular complexity index is 1100. The molecule has 2 N–H and O–H groups in total. The van der Waals surface area contributed by atoms with Crippen LogP contribution in [0.1, 0.15) is 5.56 Å². The number of aromatic nitrogens is 4. The Hall–Kier alpha value is -3.47. The van der Waals surface area contributed by atoms with Crippen molar-refractivity contribution in [1.29, 1.82) is 5.26 Å². The van der Waals surface area contributed by atoms with E-state index >= 15 is 0 Å².